The summed E-state index contributed by atoms with van der Waals surface area (Å²) in [5.41, 5.74) is 0.685. The van der Waals surface area contributed by atoms with Crippen LogP contribution in [0.3, 0.4) is 0 Å². The van der Waals surface area contributed by atoms with Crippen LogP contribution in [0, 0.1) is 5.82 Å². The Morgan fingerprint density at radius 3 is 2.71 bits per heavy atom. The lowest BCUT2D eigenvalue weighted by Crippen LogP contribution is -2.56. The number of nitrogens with one attached hydrogen (secondary N) is 2. The second-order valence-corrected chi connectivity index (χ2v) is 6.73. The Hall–Kier alpha value is -2.72. The molecule has 1 aromatic heterocycles. The molecule has 0 radical (unpaired) electrons. The molecular weight excluding hydrogens is 375 g/mol. The summed E-state index contributed by atoms with van der Waals surface area (Å²) in [4.78, 5) is 21.6. The molecule has 2 aliphatic heterocycles. The first-order valence-electron chi connectivity index (χ1n) is 8.79. The number of morpholine rings is 1. The molecule has 148 valence electrons. The number of ether oxygens (including phenoxy) is 1. The number of carbonyl (C=O) groups is 1. The fraction of sp³-hybridized carbons (Fsp3) is 0.389. The van der Waals surface area contributed by atoms with Gasteiger partial charge in [0, 0.05) is 24.3 Å². The molecule has 2 fully saturated rings. The number of nitrogens with zero attached hydrogens (tertiary/aromatic N) is 3. The number of halogens is 3. The predicted octanol–water partition coefficient (Wildman–Crippen LogP) is 1.98. The Morgan fingerprint density at radius 1 is 1.29 bits per heavy atom. The highest BCUT2D eigenvalue weighted by atomic mass is 19.3. The van der Waals surface area contributed by atoms with Crippen molar-refractivity contribution in [2.75, 3.05) is 43.0 Å². The zero-order chi connectivity index (χ0) is 19.7. The van der Waals surface area contributed by atoms with Gasteiger partial charge in [-0.1, -0.05) is 6.07 Å². The van der Waals surface area contributed by atoms with Gasteiger partial charge in [0.1, 0.15) is 17.3 Å². The van der Waals surface area contributed by atoms with Gasteiger partial charge in [-0.2, -0.15) is 0 Å². The minimum Gasteiger partial charge on any atom is -0.371 e. The van der Waals surface area contributed by atoms with Crippen LogP contribution in [0.15, 0.2) is 30.6 Å². The van der Waals surface area contributed by atoms with Crippen molar-refractivity contribution in [1.29, 1.82) is 0 Å². The van der Waals surface area contributed by atoms with Crippen LogP contribution in [-0.2, 0) is 4.74 Å². The smallest absolute Gasteiger partial charge is 0.282 e. The lowest BCUT2D eigenvalue weighted by Gasteiger charge is -2.39. The van der Waals surface area contributed by atoms with Gasteiger partial charge >= 0.3 is 0 Å². The lowest BCUT2D eigenvalue weighted by atomic mass is 10.1. The minimum absolute atomic E-state index is 0.000308. The van der Waals surface area contributed by atoms with E-state index in [0.717, 1.165) is 6.54 Å². The van der Waals surface area contributed by atoms with Gasteiger partial charge in [0.25, 0.3) is 11.8 Å². The van der Waals surface area contributed by atoms with E-state index in [4.69, 9.17) is 4.74 Å². The van der Waals surface area contributed by atoms with E-state index in [2.05, 4.69) is 20.6 Å². The average molecular weight is 393 g/mol. The first-order valence-corrected chi connectivity index (χ1v) is 8.79. The van der Waals surface area contributed by atoms with Crippen LogP contribution < -0.4 is 15.5 Å². The molecule has 7 nitrogen and oxygen atoms in total. The van der Waals surface area contributed by atoms with Gasteiger partial charge in [-0.25, -0.2) is 23.1 Å². The van der Waals surface area contributed by atoms with Gasteiger partial charge in [-0.05, 0) is 12.1 Å². The summed E-state index contributed by atoms with van der Waals surface area (Å²) in [6.45, 7) is 0.921. The molecule has 4 rings (SSSR count). The van der Waals surface area contributed by atoms with E-state index in [9.17, 15) is 18.0 Å². The second-order valence-electron chi connectivity index (χ2n) is 6.73. The van der Waals surface area contributed by atoms with Gasteiger partial charge in [-0.15, -0.1) is 0 Å². The number of benzene rings is 1. The van der Waals surface area contributed by atoms with Crippen molar-refractivity contribution in [2.24, 2.45) is 0 Å². The highest BCUT2D eigenvalue weighted by Gasteiger charge is 2.44. The normalized spacial score (nSPS) is 21.1. The van der Waals surface area contributed by atoms with Crippen LogP contribution in [0.1, 0.15) is 22.2 Å². The number of rotatable bonds is 4. The monoisotopic (exact) mass is 393 g/mol. The molecule has 28 heavy (non-hydrogen) atoms. The minimum atomic E-state index is -2.72. The first-order chi connectivity index (χ1) is 13.4. The van der Waals surface area contributed by atoms with Crippen LogP contribution in [0.5, 0.6) is 0 Å². The zero-order valence-electron chi connectivity index (χ0n) is 14.8. The number of carbonyl (C=O) groups excluding carboxylic acids is 1. The van der Waals surface area contributed by atoms with Crippen molar-refractivity contribution in [3.8, 4) is 0 Å². The standard InChI is InChI=1S/C18H18F3N5O2/c19-13-5-11(1-2-12(13)15-7-22-3-4-28-15)25-17(27)14-6-24-16(8-23-14)26-9-18(20,21)10-26/h1-2,5-6,8,15,22H,3-4,7,9-10H2,(H,25,27)/t15-/m1/s1. The van der Waals surface area contributed by atoms with Crippen molar-refractivity contribution < 1.29 is 22.7 Å². The summed E-state index contributed by atoms with van der Waals surface area (Å²) in [6, 6.07) is 4.37. The van der Waals surface area contributed by atoms with Crippen LogP contribution in [-0.4, -0.2) is 54.6 Å². The fourth-order valence-electron chi connectivity index (χ4n) is 3.10. The van der Waals surface area contributed by atoms with E-state index in [-0.39, 0.29) is 23.3 Å². The van der Waals surface area contributed by atoms with E-state index in [1.165, 1.54) is 23.4 Å². The van der Waals surface area contributed by atoms with Crippen molar-refractivity contribution in [2.45, 2.75) is 12.0 Å². The van der Waals surface area contributed by atoms with Crippen molar-refractivity contribution in [3.63, 3.8) is 0 Å². The molecule has 0 saturated carbocycles. The molecule has 1 amide bonds. The third-order valence-corrected chi connectivity index (χ3v) is 4.57. The molecule has 1 atom stereocenters. The SMILES string of the molecule is O=C(Nc1ccc([C@H]2CNCCO2)c(F)c1)c1cnc(N2CC(F)(F)C2)cn1. The maximum Gasteiger partial charge on any atom is 0.282 e. The molecule has 10 heteroatoms. The molecule has 0 unspecified atom stereocenters. The number of aromatic nitrogens is 2. The van der Waals surface area contributed by atoms with Gasteiger partial charge in [0.05, 0.1) is 38.2 Å². The summed E-state index contributed by atoms with van der Waals surface area (Å²) in [7, 11) is 0. The summed E-state index contributed by atoms with van der Waals surface area (Å²) in [5.74, 6) is -3.49. The van der Waals surface area contributed by atoms with Crippen LogP contribution in [0.4, 0.5) is 24.7 Å². The van der Waals surface area contributed by atoms with Crippen LogP contribution >= 0.6 is 0 Å². The highest BCUT2D eigenvalue weighted by Crippen LogP contribution is 2.30. The number of anilines is 2. The summed E-state index contributed by atoms with van der Waals surface area (Å²) < 4.78 is 45.7. The fourth-order valence-corrected chi connectivity index (χ4v) is 3.10. The van der Waals surface area contributed by atoms with Gasteiger partial charge in [0.2, 0.25) is 0 Å². The van der Waals surface area contributed by atoms with Gasteiger partial charge in [-0.3, -0.25) is 4.79 Å². The molecule has 0 bridgehead atoms. The molecule has 2 saturated heterocycles. The Morgan fingerprint density at radius 2 is 2.11 bits per heavy atom. The lowest BCUT2D eigenvalue weighted by molar-refractivity contribution is -0.0267. The molecule has 0 spiro atoms. The zero-order valence-corrected chi connectivity index (χ0v) is 14.8. The van der Waals surface area contributed by atoms with E-state index < -0.39 is 30.7 Å². The third-order valence-electron chi connectivity index (χ3n) is 4.57. The van der Waals surface area contributed by atoms with Crippen molar-refractivity contribution in [1.82, 2.24) is 15.3 Å². The van der Waals surface area contributed by atoms with E-state index >= 15 is 0 Å². The molecular formula is C18H18F3N5O2. The largest absolute Gasteiger partial charge is 0.371 e. The van der Waals surface area contributed by atoms with E-state index in [1.807, 2.05) is 0 Å². The Kier molecular flexibility index (Phi) is 4.90. The molecule has 2 aromatic rings. The summed E-state index contributed by atoms with van der Waals surface area (Å²) in [5, 5.41) is 5.68. The van der Waals surface area contributed by atoms with Gasteiger partial charge < -0.3 is 20.3 Å². The molecule has 3 heterocycles. The Balaban J connectivity index is 1.40. The van der Waals surface area contributed by atoms with Crippen LogP contribution in [0.2, 0.25) is 0 Å². The third kappa shape index (κ3) is 3.92. The topological polar surface area (TPSA) is 79.4 Å². The predicted molar refractivity (Wildman–Crippen MR) is 95.1 cm³/mol. The van der Waals surface area contributed by atoms with E-state index in [1.54, 1.807) is 12.1 Å². The summed E-state index contributed by atoms with van der Waals surface area (Å²) in [6.07, 6.45) is 2.10. The average Bonchev–Trinajstić information content (AvgIpc) is 2.67. The van der Waals surface area contributed by atoms with Gasteiger partial charge in [0.15, 0.2) is 0 Å². The maximum absolute atomic E-state index is 14.4. The second kappa shape index (κ2) is 7.36. The first kappa shape index (κ1) is 18.6. The number of hydrogen-bond acceptors (Lipinski definition) is 6. The molecule has 2 aliphatic rings. The molecule has 2 N–H and O–H groups in total. The number of amides is 1. The van der Waals surface area contributed by atoms with Crippen molar-refractivity contribution >= 4 is 17.4 Å². The Labute approximate surface area is 158 Å². The quantitative estimate of drug-likeness (QED) is 0.827. The van der Waals surface area contributed by atoms with Crippen LogP contribution in [0.25, 0.3) is 0 Å². The number of hydrogen-bond donors (Lipinski definition) is 2. The maximum atomic E-state index is 14.4. The molecule has 1 aromatic carbocycles. The number of alkyl halides is 2. The van der Waals surface area contributed by atoms with E-state index in [0.29, 0.717) is 18.7 Å². The summed E-state index contributed by atoms with van der Waals surface area (Å²) >= 11 is 0. The molecule has 0 aliphatic carbocycles. The van der Waals surface area contributed by atoms with Crippen molar-refractivity contribution in [3.05, 3.63) is 47.7 Å². The Bertz CT molecular complexity index is 864. The highest BCUT2D eigenvalue weighted by molar-refractivity contribution is 6.02.